The fourth-order valence-electron chi connectivity index (χ4n) is 2.44. The molecule has 0 bridgehead atoms. The Morgan fingerprint density at radius 2 is 1.54 bits per heavy atom. The molecule has 0 spiro atoms. The summed E-state index contributed by atoms with van der Waals surface area (Å²) in [6.07, 6.45) is 0. The number of primary amides is 1. The van der Waals surface area contributed by atoms with Crippen LogP contribution in [-0.4, -0.2) is 11.0 Å². The molecule has 2 N–H and O–H groups in total. The second-order valence-corrected chi connectivity index (χ2v) is 5.25. The Kier molecular flexibility index (Phi) is 4.57. The van der Waals surface area contributed by atoms with Crippen molar-refractivity contribution < 1.29 is 22.4 Å². The summed E-state index contributed by atoms with van der Waals surface area (Å²) in [6.45, 7) is 0. The number of aromatic nitrogens is 1. The van der Waals surface area contributed by atoms with Gasteiger partial charge in [0.2, 0.25) is 0 Å². The molecule has 8 heteroatoms. The zero-order valence-electron chi connectivity index (χ0n) is 13.1. The summed E-state index contributed by atoms with van der Waals surface area (Å²) in [5.41, 5.74) is 4.54. The third-order valence-corrected chi connectivity index (χ3v) is 3.55. The number of urea groups is 1. The van der Waals surface area contributed by atoms with Gasteiger partial charge in [0, 0.05) is 11.6 Å². The number of nitrogens with two attached hydrogens (primary N) is 1. The topological polar surface area (TPSA) is 59.2 Å². The molecule has 3 rings (SSSR count). The minimum absolute atomic E-state index is 0.0306. The Bertz CT molecular complexity index is 974. The Hall–Kier alpha value is -3.42. The molecule has 3 aromatic rings. The summed E-state index contributed by atoms with van der Waals surface area (Å²) in [5, 5.41) is 0. The van der Waals surface area contributed by atoms with Crippen molar-refractivity contribution in [2.75, 3.05) is 4.90 Å². The average molecular weight is 361 g/mol. The molecule has 0 saturated heterocycles. The van der Waals surface area contributed by atoms with Crippen LogP contribution in [0.1, 0.15) is 0 Å². The van der Waals surface area contributed by atoms with E-state index < -0.39 is 35.0 Å². The highest BCUT2D eigenvalue weighted by Crippen LogP contribution is 2.31. The first-order chi connectivity index (χ1) is 12.4. The number of benzene rings is 2. The number of amides is 2. The van der Waals surface area contributed by atoms with E-state index in [9.17, 15) is 22.4 Å². The van der Waals surface area contributed by atoms with Gasteiger partial charge in [-0.05, 0) is 36.4 Å². The van der Waals surface area contributed by atoms with E-state index in [-0.39, 0.29) is 17.1 Å². The Morgan fingerprint density at radius 1 is 0.885 bits per heavy atom. The molecule has 1 aromatic heterocycles. The lowest BCUT2D eigenvalue weighted by Gasteiger charge is -2.21. The third kappa shape index (κ3) is 3.21. The van der Waals surface area contributed by atoms with Crippen molar-refractivity contribution >= 4 is 17.5 Å². The molecule has 0 aliphatic carbocycles. The van der Waals surface area contributed by atoms with Gasteiger partial charge in [-0.25, -0.2) is 32.2 Å². The molecule has 132 valence electrons. The molecule has 2 amide bonds. The lowest BCUT2D eigenvalue weighted by atomic mass is 10.1. The number of anilines is 2. The summed E-state index contributed by atoms with van der Waals surface area (Å²) >= 11 is 0. The van der Waals surface area contributed by atoms with Crippen molar-refractivity contribution in [2.24, 2.45) is 5.73 Å². The van der Waals surface area contributed by atoms with Crippen LogP contribution in [0.3, 0.4) is 0 Å². The molecule has 2 aromatic carbocycles. The average Bonchev–Trinajstić information content (AvgIpc) is 2.58. The smallest absolute Gasteiger partial charge is 0.325 e. The highest BCUT2D eigenvalue weighted by atomic mass is 19.1. The number of carbonyl (C=O) groups excluding carboxylic acids is 1. The van der Waals surface area contributed by atoms with Crippen LogP contribution in [0.5, 0.6) is 0 Å². The van der Waals surface area contributed by atoms with Gasteiger partial charge in [0.05, 0.1) is 5.69 Å². The van der Waals surface area contributed by atoms with E-state index in [0.717, 1.165) is 30.3 Å². The third-order valence-electron chi connectivity index (χ3n) is 3.55. The summed E-state index contributed by atoms with van der Waals surface area (Å²) < 4.78 is 55.2. The van der Waals surface area contributed by atoms with Crippen molar-refractivity contribution in [1.29, 1.82) is 0 Å². The number of halogens is 4. The summed E-state index contributed by atoms with van der Waals surface area (Å²) in [6, 6.07) is 8.81. The van der Waals surface area contributed by atoms with E-state index in [2.05, 4.69) is 4.98 Å². The maximum atomic E-state index is 14.1. The number of pyridine rings is 1. The number of para-hydroxylation sites is 1. The maximum absolute atomic E-state index is 14.1. The van der Waals surface area contributed by atoms with Crippen molar-refractivity contribution in [3.05, 3.63) is 77.9 Å². The summed E-state index contributed by atoms with van der Waals surface area (Å²) in [7, 11) is 0. The van der Waals surface area contributed by atoms with E-state index >= 15 is 0 Å². The van der Waals surface area contributed by atoms with Crippen LogP contribution in [0, 0.1) is 23.3 Å². The van der Waals surface area contributed by atoms with Gasteiger partial charge in [-0.3, -0.25) is 0 Å². The molecule has 0 unspecified atom stereocenters. The predicted molar refractivity (Wildman–Crippen MR) is 87.7 cm³/mol. The Morgan fingerprint density at radius 3 is 2.15 bits per heavy atom. The van der Waals surface area contributed by atoms with E-state index in [4.69, 9.17) is 5.73 Å². The second kappa shape index (κ2) is 6.83. The van der Waals surface area contributed by atoms with Crippen molar-refractivity contribution in [2.45, 2.75) is 0 Å². The lowest BCUT2D eigenvalue weighted by Crippen LogP contribution is -2.33. The van der Waals surface area contributed by atoms with Gasteiger partial charge in [-0.1, -0.05) is 12.1 Å². The zero-order valence-corrected chi connectivity index (χ0v) is 13.1. The van der Waals surface area contributed by atoms with Crippen molar-refractivity contribution in [3.63, 3.8) is 0 Å². The first-order valence-electron chi connectivity index (χ1n) is 7.34. The normalized spacial score (nSPS) is 10.6. The number of carbonyl (C=O) groups is 1. The standard InChI is InChI=1S/C18H11F4N3O/c19-10-7-8-11(14(22)9-10)15-5-2-6-16(24-15)25(18(23)26)17-12(20)3-1-4-13(17)21/h1-9H,(H2,23,26). The Labute approximate surface area is 145 Å². The highest BCUT2D eigenvalue weighted by Gasteiger charge is 2.24. The fraction of sp³-hybridized carbons (Fsp3) is 0. The second-order valence-electron chi connectivity index (χ2n) is 5.25. The summed E-state index contributed by atoms with van der Waals surface area (Å²) in [4.78, 5) is 16.4. The summed E-state index contributed by atoms with van der Waals surface area (Å²) in [5.74, 6) is -3.91. The molecule has 0 radical (unpaired) electrons. The molecule has 4 nitrogen and oxygen atoms in total. The number of hydrogen-bond donors (Lipinski definition) is 1. The van der Waals surface area contributed by atoms with Crippen LogP contribution in [0.2, 0.25) is 0 Å². The minimum atomic E-state index is -1.18. The zero-order chi connectivity index (χ0) is 18.8. The van der Waals surface area contributed by atoms with Gasteiger partial charge in [0.1, 0.15) is 34.8 Å². The first kappa shape index (κ1) is 17.4. The van der Waals surface area contributed by atoms with Crippen LogP contribution < -0.4 is 10.6 Å². The molecule has 26 heavy (non-hydrogen) atoms. The SMILES string of the molecule is NC(=O)N(c1cccc(-c2ccc(F)cc2F)n1)c1c(F)cccc1F. The highest BCUT2D eigenvalue weighted by molar-refractivity contribution is 5.97. The van der Waals surface area contributed by atoms with Gasteiger partial charge in [0.25, 0.3) is 0 Å². The van der Waals surface area contributed by atoms with Crippen LogP contribution >= 0.6 is 0 Å². The van der Waals surface area contributed by atoms with Gasteiger partial charge >= 0.3 is 6.03 Å². The number of hydrogen-bond acceptors (Lipinski definition) is 2. The van der Waals surface area contributed by atoms with Gasteiger partial charge in [-0.2, -0.15) is 0 Å². The number of nitrogens with zero attached hydrogens (tertiary/aromatic N) is 2. The van der Waals surface area contributed by atoms with E-state index in [0.29, 0.717) is 11.0 Å². The van der Waals surface area contributed by atoms with Crippen LogP contribution in [0.4, 0.5) is 33.9 Å². The minimum Gasteiger partial charge on any atom is -0.351 e. The van der Waals surface area contributed by atoms with Gasteiger partial charge in [0.15, 0.2) is 0 Å². The van der Waals surface area contributed by atoms with Crippen molar-refractivity contribution in [3.8, 4) is 11.3 Å². The van der Waals surface area contributed by atoms with Gasteiger partial charge < -0.3 is 5.73 Å². The molecule has 1 heterocycles. The molecule has 0 saturated carbocycles. The molecule has 0 aliphatic rings. The van der Waals surface area contributed by atoms with Crippen molar-refractivity contribution in [1.82, 2.24) is 4.98 Å². The molecule has 0 atom stereocenters. The monoisotopic (exact) mass is 361 g/mol. The fourth-order valence-corrected chi connectivity index (χ4v) is 2.44. The van der Waals surface area contributed by atoms with Crippen LogP contribution in [0.25, 0.3) is 11.3 Å². The van der Waals surface area contributed by atoms with Crippen LogP contribution in [-0.2, 0) is 0 Å². The van der Waals surface area contributed by atoms with E-state index in [1.807, 2.05) is 0 Å². The van der Waals surface area contributed by atoms with Crippen LogP contribution in [0.15, 0.2) is 54.6 Å². The first-order valence-corrected chi connectivity index (χ1v) is 7.34. The molecular formula is C18H11F4N3O. The molecule has 0 aliphatic heterocycles. The largest absolute Gasteiger partial charge is 0.351 e. The van der Waals surface area contributed by atoms with Gasteiger partial charge in [-0.15, -0.1) is 0 Å². The molecular weight excluding hydrogens is 350 g/mol. The van der Waals surface area contributed by atoms with E-state index in [1.165, 1.54) is 18.2 Å². The predicted octanol–water partition coefficient (Wildman–Crippen LogP) is 4.52. The quantitative estimate of drug-likeness (QED) is 0.697. The lowest BCUT2D eigenvalue weighted by molar-refractivity contribution is 0.255. The van der Waals surface area contributed by atoms with E-state index in [1.54, 1.807) is 0 Å². The maximum Gasteiger partial charge on any atom is 0.325 e. The Balaban J connectivity index is 2.14. The molecule has 0 fully saturated rings. The number of rotatable bonds is 3.